The lowest BCUT2D eigenvalue weighted by Gasteiger charge is -2.23. The molecule has 0 spiro atoms. The summed E-state index contributed by atoms with van der Waals surface area (Å²) in [5.74, 6) is -0.537. The van der Waals surface area contributed by atoms with E-state index in [4.69, 9.17) is 16.7 Å². The van der Waals surface area contributed by atoms with Gasteiger partial charge in [0.05, 0.1) is 11.8 Å². The molecule has 0 fully saturated rings. The molecule has 2 aliphatic heterocycles. The summed E-state index contributed by atoms with van der Waals surface area (Å²) in [5.41, 5.74) is 4.74. The van der Waals surface area contributed by atoms with Crippen LogP contribution in [0.5, 0.6) is 0 Å². The van der Waals surface area contributed by atoms with Gasteiger partial charge in [-0.2, -0.15) is 10.1 Å². The highest BCUT2D eigenvalue weighted by atomic mass is 35.5. The average molecular weight is 503 g/mol. The molecular formula is C27H23ClN4O2S. The summed E-state index contributed by atoms with van der Waals surface area (Å²) in [5, 5.41) is 10.1. The lowest BCUT2D eigenvalue weighted by atomic mass is 9.99. The maximum atomic E-state index is 12.7. The van der Waals surface area contributed by atoms with Crippen LogP contribution in [0.4, 0.5) is 5.69 Å². The number of halogens is 1. The lowest BCUT2D eigenvalue weighted by Crippen LogP contribution is -2.25. The molecule has 0 bridgehead atoms. The molecule has 0 saturated heterocycles. The summed E-state index contributed by atoms with van der Waals surface area (Å²) < 4.78 is 0. The molecule has 0 saturated carbocycles. The third-order valence-corrected chi connectivity index (χ3v) is 7.26. The molecule has 0 unspecified atom stereocenters. The van der Waals surface area contributed by atoms with Crippen molar-refractivity contribution in [3.05, 3.63) is 101 Å². The van der Waals surface area contributed by atoms with Gasteiger partial charge in [-0.1, -0.05) is 78.0 Å². The molecule has 1 N–H and O–H groups in total. The number of carbonyl (C=O) groups is 2. The molecule has 2 atom stereocenters. The van der Waals surface area contributed by atoms with Crippen LogP contribution in [0.25, 0.3) is 0 Å². The van der Waals surface area contributed by atoms with Crippen molar-refractivity contribution in [2.45, 2.75) is 31.1 Å². The zero-order valence-electron chi connectivity index (χ0n) is 19.0. The van der Waals surface area contributed by atoms with Crippen molar-refractivity contribution in [1.82, 2.24) is 5.01 Å². The summed E-state index contributed by atoms with van der Waals surface area (Å²) in [6, 6.07) is 25.1. The number of aryl methyl sites for hydroxylation is 1. The second kappa shape index (κ2) is 10.1. The number of nitrogens with one attached hydrogen (secondary N) is 1. The van der Waals surface area contributed by atoms with E-state index in [0.717, 1.165) is 22.4 Å². The van der Waals surface area contributed by atoms with E-state index in [0.29, 0.717) is 22.3 Å². The number of aliphatic imine (C=N–C) groups is 1. The fraction of sp³-hybridized carbons (Fsp3) is 0.185. The Hall–Kier alpha value is -3.42. The van der Waals surface area contributed by atoms with Gasteiger partial charge in [-0.25, -0.2) is 5.01 Å². The first-order valence-corrected chi connectivity index (χ1v) is 12.6. The van der Waals surface area contributed by atoms with Gasteiger partial charge in [-0.3, -0.25) is 9.59 Å². The van der Waals surface area contributed by atoms with Gasteiger partial charge in [0.2, 0.25) is 5.91 Å². The van der Waals surface area contributed by atoms with Crippen molar-refractivity contribution in [2.75, 3.05) is 5.32 Å². The number of nitrogens with zero attached hydrogens (tertiary/aromatic N) is 3. The smallest absolute Gasteiger partial charge is 0.262 e. The first-order valence-electron chi connectivity index (χ1n) is 11.3. The quantitative estimate of drug-likeness (QED) is 0.476. The van der Waals surface area contributed by atoms with Gasteiger partial charge in [-0.15, -0.1) is 0 Å². The number of rotatable bonds is 5. The van der Waals surface area contributed by atoms with Crippen LogP contribution in [0.2, 0.25) is 5.02 Å². The Balaban J connectivity index is 1.34. The van der Waals surface area contributed by atoms with Gasteiger partial charge in [0, 0.05) is 23.6 Å². The van der Waals surface area contributed by atoms with Crippen LogP contribution in [0.3, 0.4) is 0 Å². The molecule has 176 valence electrons. The number of carbonyl (C=O) groups excluding carboxylic acids is 2. The average Bonchev–Trinajstić information content (AvgIpc) is 3.44. The van der Waals surface area contributed by atoms with Crippen LogP contribution in [-0.4, -0.2) is 33.0 Å². The van der Waals surface area contributed by atoms with Crippen molar-refractivity contribution < 1.29 is 9.59 Å². The zero-order valence-corrected chi connectivity index (χ0v) is 20.6. The number of amidine groups is 1. The van der Waals surface area contributed by atoms with Crippen molar-refractivity contribution in [2.24, 2.45) is 10.1 Å². The molecule has 0 radical (unpaired) electrons. The topological polar surface area (TPSA) is 74.1 Å². The van der Waals surface area contributed by atoms with Crippen molar-refractivity contribution in [3.63, 3.8) is 0 Å². The Morgan fingerprint density at radius 1 is 1.09 bits per heavy atom. The van der Waals surface area contributed by atoms with Gasteiger partial charge in [-0.05, 0) is 47.9 Å². The third-order valence-electron chi connectivity index (χ3n) is 5.87. The predicted molar refractivity (Wildman–Crippen MR) is 142 cm³/mol. The van der Waals surface area contributed by atoms with Crippen LogP contribution in [-0.2, 0) is 9.59 Å². The third kappa shape index (κ3) is 5.31. The van der Waals surface area contributed by atoms with Gasteiger partial charge in [0.25, 0.3) is 5.91 Å². The highest BCUT2D eigenvalue weighted by Gasteiger charge is 2.39. The minimum absolute atomic E-state index is 0.0408. The van der Waals surface area contributed by atoms with Crippen LogP contribution in [0, 0.1) is 6.92 Å². The Morgan fingerprint density at radius 3 is 2.60 bits per heavy atom. The molecule has 8 heteroatoms. The Kier molecular flexibility index (Phi) is 6.70. The van der Waals surface area contributed by atoms with Gasteiger partial charge in [0.1, 0.15) is 5.25 Å². The zero-order chi connectivity index (χ0) is 24.4. The second-order valence-corrected chi connectivity index (χ2v) is 10.1. The van der Waals surface area contributed by atoms with Crippen LogP contribution >= 0.6 is 23.4 Å². The standard InChI is InChI=1S/C27H23ClN4O2S/c1-17-6-5-9-21(14-17)29-25(33)16-24-26(34)30-27(35-24)32-23(19-10-12-20(28)13-11-19)15-22(31-32)18-7-3-2-4-8-18/h2-14,23-24H,15-16H2,1H3,(H,29,33)/t23-,24+/m1/s1. The monoisotopic (exact) mass is 502 g/mol. The maximum Gasteiger partial charge on any atom is 0.262 e. The molecule has 2 heterocycles. The fourth-order valence-corrected chi connectivity index (χ4v) is 5.33. The number of amides is 2. The van der Waals surface area contributed by atoms with Gasteiger partial charge < -0.3 is 5.32 Å². The molecular weight excluding hydrogens is 480 g/mol. The van der Waals surface area contributed by atoms with E-state index in [1.165, 1.54) is 11.8 Å². The molecule has 5 rings (SSSR count). The van der Waals surface area contributed by atoms with Crippen molar-refractivity contribution in [1.29, 1.82) is 0 Å². The Bertz CT molecular complexity index is 1320. The number of anilines is 1. The van der Waals surface area contributed by atoms with E-state index in [-0.39, 0.29) is 24.3 Å². The number of benzene rings is 3. The van der Waals surface area contributed by atoms with E-state index < -0.39 is 5.25 Å². The van der Waals surface area contributed by atoms with E-state index in [1.807, 2.05) is 90.8 Å². The molecule has 6 nitrogen and oxygen atoms in total. The first kappa shape index (κ1) is 23.3. The molecule has 3 aromatic rings. The number of thioether (sulfide) groups is 1. The van der Waals surface area contributed by atoms with Crippen LogP contribution < -0.4 is 5.32 Å². The van der Waals surface area contributed by atoms with Gasteiger partial charge in [0.15, 0.2) is 5.17 Å². The van der Waals surface area contributed by atoms with Crippen molar-refractivity contribution in [3.8, 4) is 0 Å². The van der Waals surface area contributed by atoms with E-state index in [1.54, 1.807) is 0 Å². The molecule has 2 amide bonds. The van der Waals surface area contributed by atoms with Crippen LogP contribution in [0.15, 0.2) is 89.0 Å². The fourth-order valence-electron chi connectivity index (χ4n) is 4.14. The minimum atomic E-state index is -0.586. The summed E-state index contributed by atoms with van der Waals surface area (Å²) in [6.45, 7) is 1.96. The summed E-state index contributed by atoms with van der Waals surface area (Å²) in [4.78, 5) is 29.7. The largest absolute Gasteiger partial charge is 0.326 e. The molecule has 0 aliphatic carbocycles. The normalized spacial score (nSPS) is 19.5. The summed E-state index contributed by atoms with van der Waals surface area (Å²) >= 11 is 7.40. The van der Waals surface area contributed by atoms with Crippen LogP contribution in [0.1, 0.15) is 35.6 Å². The molecule has 0 aromatic heterocycles. The Labute approximate surface area is 213 Å². The van der Waals surface area contributed by atoms with E-state index >= 15 is 0 Å². The maximum absolute atomic E-state index is 12.7. The molecule has 2 aliphatic rings. The molecule has 35 heavy (non-hydrogen) atoms. The Morgan fingerprint density at radius 2 is 1.86 bits per heavy atom. The predicted octanol–water partition coefficient (Wildman–Crippen LogP) is 5.83. The van der Waals surface area contributed by atoms with Gasteiger partial charge >= 0.3 is 0 Å². The number of hydrogen-bond acceptors (Lipinski definition) is 5. The highest BCUT2D eigenvalue weighted by Crippen LogP contribution is 2.38. The minimum Gasteiger partial charge on any atom is -0.326 e. The van der Waals surface area contributed by atoms with Crippen molar-refractivity contribution >= 4 is 51.7 Å². The number of hydrazone groups is 1. The van der Waals surface area contributed by atoms with E-state index in [2.05, 4.69) is 10.3 Å². The lowest BCUT2D eigenvalue weighted by molar-refractivity contribution is -0.121. The first-order chi connectivity index (χ1) is 17.0. The SMILES string of the molecule is Cc1cccc(NC(=O)C[C@@H]2SC(N3N=C(c4ccccc4)C[C@@H]3c3ccc(Cl)cc3)=NC2=O)c1. The summed E-state index contributed by atoms with van der Waals surface area (Å²) in [7, 11) is 0. The van der Waals surface area contributed by atoms with E-state index in [9.17, 15) is 9.59 Å². The highest BCUT2D eigenvalue weighted by molar-refractivity contribution is 8.15. The summed E-state index contributed by atoms with van der Waals surface area (Å²) in [6.07, 6.45) is 0.705. The second-order valence-electron chi connectivity index (χ2n) is 8.49. The number of hydrogen-bond donors (Lipinski definition) is 1. The molecule has 3 aromatic carbocycles.